The van der Waals surface area contributed by atoms with Crippen LogP contribution in [0.5, 0.6) is 0 Å². The monoisotopic (exact) mass is 228 g/mol. The SMILES string of the molecule is CC(C)C[C@@H](NC(=O)CC1CNC1)C(=O)O. The molecule has 0 aromatic heterocycles. The second kappa shape index (κ2) is 5.84. The third-order valence-electron chi connectivity index (χ3n) is 2.68. The van der Waals surface area contributed by atoms with Crippen molar-refractivity contribution in [3.63, 3.8) is 0 Å². The zero-order valence-electron chi connectivity index (χ0n) is 9.82. The zero-order valence-corrected chi connectivity index (χ0v) is 9.82. The minimum absolute atomic E-state index is 0.153. The summed E-state index contributed by atoms with van der Waals surface area (Å²) in [5.41, 5.74) is 0. The van der Waals surface area contributed by atoms with E-state index in [4.69, 9.17) is 5.11 Å². The van der Waals surface area contributed by atoms with Gasteiger partial charge in [0.05, 0.1) is 0 Å². The Morgan fingerprint density at radius 1 is 1.44 bits per heavy atom. The van der Waals surface area contributed by atoms with E-state index in [0.29, 0.717) is 18.8 Å². The summed E-state index contributed by atoms with van der Waals surface area (Å²) in [4.78, 5) is 22.5. The number of rotatable bonds is 6. The highest BCUT2D eigenvalue weighted by Gasteiger charge is 2.24. The summed E-state index contributed by atoms with van der Waals surface area (Å²) >= 11 is 0. The molecule has 92 valence electrons. The van der Waals surface area contributed by atoms with Crippen LogP contribution in [0.3, 0.4) is 0 Å². The van der Waals surface area contributed by atoms with Gasteiger partial charge >= 0.3 is 5.97 Å². The maximum atomic E-state index is 11.5. The van der Waals surface area contributed by atoms with Gasteiger partial charge in [0.15, 0.2) is 0 Å². The molecule has 1 aliphatic rings. The summed E-state index contributed by atoms with van der Waals surface area (Å²) in [5.74, 6) is -0.478. The molecule has 0 bridgehead atoms. The molecule has 0 spiro atoms. The first-order chi connectivity index (χ1) is 7.49. The van der Waals surface area contributed by atoms with Crippen LogP contribution >= 0.6 is 0 Å². The molecular formula is C11H20N2O3. The Hall–Kier alpha value is -1.10. The Labute approximate surface area is 95.6 Å². The van der Waals surface area contributed by atoms with E-state index < -0.39 is 12.0 Å². The van der Waals surface area contributed by atoms with E-state index in [2.05, 4.69) is 10.6 Å². The second-order valence-electron chi connectivity index (χ2n) is 4.82. The molecule has 0 unspecified atom stereocenters. The van der Waals surface area contributed by atoms with Crippen LogP contribution in [-0.2, 0) is 9.59 Å². The Bertz CT molecular complexity index is 262. The molecule has 0 aliphatic carbocycles. The molecule has 1 aliphatic heterocycles. The van der Waals surface area contributed by atoms with E-state index in [1.54, 1.807) is 0 Å². The summed E-state index contributed by atoms with van der Waals surface area (Å²) < 4.78 is 0. The molecule has 0 aromatic rings. The largest absolute Gasteiger partial charge is 0.480 e. The topological polar surface area (TPSA) is 78.4 Å². The first kappa shape index (κ1) is 13.0. The summed E-state index contributed by atoms with van der Waals surface area (Å²) in [6.07, 6.45) is 0.902. The van der Waals surface area contributed by atoms with Crippen LogP contribution in [-0.4, -0.2) is 36.1 Å². The van der Waals surface area contributed by atoms with E-state index >= 15 is 0 Å². The standard InChI is InChI=1S/C11H20N2O3/c1-7(2)3-9(11(15)16)13-10(14)4-8-5-12-6-8/h7-9,12H,3-6H2,1-2H3,(H,13,14)(H,15,16)/t9-/m1/s1. The minimum Gasteiger partial charge on any atom is -0.480 e. The highest BCUT2D eigenvalue weighted by Crippen LogP contribution is 2.09. The molecule has 0 radical (unpaired) electrons. The zero-order chi connectivity index (χ0) is 12.1. The van der Waals surface area contributed by atoms with Crippen LogP contribution in [0.2, 0.25) is 0 Å². The van der Waals surface area contributed by atoms with Gasteiger partial charge in [0.25, 0.3) is 0 Å². The molecule has 1 atom stereocenters. The molecule has 0 aromatic carbocycles. The van der Waals surface area contributed by atoms with Crippen molar-refractivity contribution in [3.05, 3.63) is 0 Å². The van der Waals surface area contributed by atoms with Crippen molar-refractivity contribution in [2.24, 2.45) is 11.8 Å². The summed E-state index contributed by atoms with van der Waals surface area (Å²) in [6.45, 7) is 5.60. The van der Waals surface area contributed by atoms with Crippen LogP contribution in [0, 0.1) is 11.8 Å². The fourth-order valence-electron chi connectivity index (χ4n) is 1.70. The minimum atomic E-state index is -0.950. The summed E-state index contributed by atoms with van der Waals surface area (Å²) in [5, 5.41) is 14.6. The lowest BCUT2D eigenvalue weighted by atomic mass is 9.98. The van der Waals surface area contributed by atoms with Crippen molar-refractivity contribution in [3.8, 4) is 0 Å². The lowest BCUT2D eigenvalue weighted by molar-refractivity contribution is -0.142. The second-order valence-corrected chi connectivity index (χ2v) is 4.82. The summed E-state index contributed by atoms with van der Waals surface area (Å²) in [7, 11) is 0. The number of carboxylic acids is 1. The van der Waals surface area contributed by atoms with Crippen molar-refractivity contribution >= 4 is 11.9 Å². The van der Waals surface area contributed by atoms with Crippen molar-refractivity contribution in [2.75, 3.05) is 13.1 Å². The van der Waals surface area contributed by atoms with Gasteiger partial charge in [0, 0.05) is 6.42 Å². The van der Waals surface area contributed by atoms with Gasteiger partial charge in [0.2, 0.25) is 5.91 Å². The molecule has 5 heteroatoms. The maximum Gasteiger partial charge on any atom is 0.326 e. The normalized spacial score (nSPS) is 17.9. The number of hydrogen-bond donors (Lipinski definition) is 3. The van der Waals surface area contributed by atoms with Crippen molar-refractivity contribution in [2.45, 2.75) is 32.7 Å². The van der Waals surface area contributed by atoms with Gasteiger partial charge in [-0.2, -0.15) is 0 Å². The first-order valence-electron chi connectivity index (χ1n) is 5.72. The molecule has 1 rings (SSSR count). The number of carbonyl (C=O) groups excluding carboxylic acids is 1. The van der Waals surface area contributed by atoms with Gasteiger partial charge in [-0.05, 0) is 31.3 Å². The van der Waals surface area contributed by atoms with Crippen LogP contribution in [0.25, 0.3) is 0 Å². The van der Waals surface area contributed by atoms with Crippen molar-refractivity contribution in [1.29, 1.82) is 0 Å². The Kier molecular flexibility index (Phi) is 4.73. The molecule has 0 saturated carbocycles. The van der Waals surface area contributed by atoms with Crippen LogP contribution in [0.15, 0.2) is 0 Å². The average Bonchev–Trinajstić information content (AvgIpc) is 2.09. The predicted molar refractivity (Wildman–Crippen MR) is 60.0 cm³/mol. The Morgan fingerprint density at radius 2 is 2.06 bits per heavy atom. The van der Waals surface area contributed by atoms with Gasteiger partial charge < -0.3 is 15.7 Å². The third-order valence-corrected chi connectivity index (χ3v) is 2.68. The van der Waals surface area contributed by atoms with E-state index in [0.717, 1.165) is 13.1 Å². The fraction of sp³-hybridized carbons (Fsp3) is 0.818. The van der Waals surface area contributed by atoms with Gasteiger partial charge in [0.1, 0.15) is 6.04 Å². The van der Waals surface area contributed by atoms with Gasteiger partial charge in [-0.25, -0.2) is 4.79 Å². The fourth-order valence-corrected chi connectivity index (χ4v) is 1.70. The number of carboxylic acid groups (broad SMARTS) is 1. The molecule has 1 saturated heterocycles. The first-order valence-corrected chi connectivity index (χ1v) is 5.72. The third kappa shape index (κ3) is 4.18. The quantitative estimate of drug-likeness (QED) is 0.607. The van der Waals surface area contributed by atoms with Crippen LogP contribution < -0.4 is 10.6 Å². The lowest BCUT2D eigenvalue weighted by Gasteiger charge is -2.27. The van der Waals surface area contributed by atoms with Crippen LogP contribution in [0.1, 0.15) is 26.7 Å². The average molecular weight is 228 g/mol. The molecule has 3 N–H and O–H groups in total. The smallest absolute Gasteiger partial charge is 0.326 e. The predicted octanol–water partition coefficient (Wildman–Crippen LogP) is 0.211. The highest BCUT2D eigenvalue weighted by molar-refractivity contribution is 5.83. The molecule has 16 heavy (non-hydrogen) atoms. The highest BCUT2D eigenvalue weighted by atomic mass is 16.4. The summed E-state index contributed by atoms with van der Waals surface area (Å²) in [6, 6.07) is -0.750. The van der Waals surface area contributed by atoms with E-state index in [1.807, 2.05) is 13.8 Å². The number of nitrogens with one attached hydrogen (secondary N) is 2. The van der Waals surface area contributed by atoms with E-state index in [9.17, 15) is 9.59 Å². The van der Waals surface area contributed by atoms with Gasteiger partial charge in [-0.1, -0.05) is 13.8 Å². The van der Waals surface area contributed by atoms with E-state index in [1.165, 1.54) is 0 Å². The maximum absolute atomic E-state index is 11.5. The van der Waals surface area contributed by atoms with Crippen molar-refractivity contribution < 1.29 is 14.7 Å². The number of amides is 1. The molecule has 5 nitrogen and oxygen atoms in total. The number of carbonyl (C=O) groups is 2. The lowest BCUT2D eigenvalue weighted by Crippen LogP contribution is -2.47. The Balaban J connectivity index is 2.34. The number of aliphatic carboxylic acids is 1. The van der Waals surface area contributed by atoms with Gasteiger partial charge in [-0.15, -0.1) is 0 Å². The molecule has 1 amide bonds. The van der Waals surface area contributed by atoms with E-state index in [-0.39, 0.29) is 11.8 Å². The van der Waals surface area contributed by atoms with Gasteiger partial charge in [-0.3, -0.25) is 4.79 Å². The number of hydrogen-bond acceptors (Lipinski definition) is 3. The molecular weight excluding hydrogens is 208 g/mol. The molecule has 1 fully saturated rings. The molecule has 1 heterocycles. The van der Waals surface area contributed by atoms with Crippen LogP contribution in [0.4, 0.5) is 0 Å². The Morgan fingerprint density at radius 3 is 2.44 bits per heavy atom. The van der Waals surface area contributed by atoms with Crippen molar-refractivity contribution in [1.82, 2.24) is 10.6 Å².